The predicted molar refractivity (Wildman–Crippen MR) is 6.44 cm³/mol. The van der Waals surface area contributed by atoms with Gasteiger partial charge < -0.3 is 0 Å². The van der Waals surface area contributed by atoms with Gasteiger partial charge in [-0.15, -0.1) is 0 Å². The molecule has 0 aromatic heterocycles. The average Bonchev–Trinajstić information content (AvgIpc) is 0.722. The van der Waals surface area contributed by atoms with Crippen LogP contribution in [-0.2, 0) is 25.5 Å². The molecule has 0 aromatic rings. The SMILES string of the molecule is O=[As]([O-])([O-])[O-].[Rb+].[Ti+2]. The quantitative estimate of drug-likeness (QED) is 0.410. The van der Waals surface area contributed by atoms with Crippen LogP contribution in [0, 0.1) is 0 Å². The first kappa shape index (κ1) is 16.4. The van der Waals surface area contributed by atoms with Crippen LogP contribution >= 0.6 is 0 Å². The van der Waals surface area contributed by atoms with Gasteiger partial charge in [0, 0.05) is 0 Å². The van der Waals surface area contributed by atoms with Crippen LogP contribution in [0.1, 0.15) is 0 Å². The van der Waals surface area contributed by atoms with E-state index < -0.39 is 14.5 Å². The summed E-state index contributed by atoms with van der Waals surface area (Å²) >= 11 is -5.88. The van der Waals surface area contributed by atoms with Gasteiger partial charge in [-0.1, -0.05) is 0 Å². The van der Waals surface area contributed by atoms with Crippen molar-refractivity contribution < 1.29 is 95.9 Å². The third-order valence-corrected chi connectivity index (χ3v) is 0. The van der Waals surface area contributed by atoms with Gasteiger partial charge in [0.15, 0.2) is 0 Å². The first-order valence-corrected chi connectivity index (χ1v) is 3.79. The molecule has 0 aliphatic heterocycles. The van der Waals surface area contributed by atoms with Crippen LogP contribution in [0.3, 0.4) is 0 Å². The van der Waals surface area contributed by atoms with Crippen LogP contribution < -0.4 is 70.5 Å². The summed E-state index contributed by atoms with van der Waals surface area (Å²) in [5.41, 5.74) is 0. The van der Waals surface area contributed by atoms with E-state index in [1.807, 2.05) is 0 Å². The summed E-state index contributed by atoms with van der Waals surface area (Å²) in [7, 11) is 0. The van der Waals surface area contributed by atoms with E-state index in [0.717, 1.165) is 0 Å². The molecule has 0 aliphatic carbocycles. The zero-order chi connectivity index (χ0) is 4.50. The molecular weight excluding hydrogens is 272 g/mol. The largest absolute Gasteiger partial charge is 2.00 e. The summed E-state index contributed by atoms with van der Waals surface area (Å²) in [6, 6.07) is 0. The van der Waals surface area contributed by atoms with Crippen LogP contribution in [0.5, 0.6) is 0 Å². The Morgan fingerprint density at radius 1 is 1.14 bits per heavy atom. The molecule has 0 rings (SSSR count). The smallest absolute Gasteiger partial charge is 1.00 e. The molecule has 0 aromatic carbocycles. The summed E-state index contributed by atoms with van der Waals surface area (Å²) < 4.78 is 34.4. The molecule has 0 radical (unpaired) electrons. The molecule has 7 heavy (non-hydrogen) atoms. The van der Waals surface area contributed by atoms with Crippen molar-refractivity contribution in [2.45, 2.75) is 0 Å². The monoisotopic (exact) mass is 272 g/mol. The van der Waals surface area contributed by atoms with Gasteiger partial charge in [0.2, 0.25) is 0 Å². The third-order valence-electron chi connectivity index (χ3n) is 0. The van der Waals surface area contributed by atoms with Crippen molar-refractivity contribution in [2.24, 2.45) is 0 Å². The Morgan fingerprint density at radius 3 is 1.14 bits per heavy atom. The van der Waals surface area contributed by atoms with Crippen LogP contribution in [0.4, 0.5) is 0 Å². The Balaban J connectivity index is -0.0000000800. The predicted octanol–water partition coefficient (Wildman–Crippen LogP) is -7.07. The molecule has 0 aliphatic rings. The summed E-state index contributed by atoms with van der Waals surface area (Å²) in [4.78, 5) is 0. The molecule has 7 heteroatoms. The van der Waals surface area contributed by atoms with E-state index in [2.05, 4.69) is 0 Å². The molecule has 0 amide bonds. The second-order valence-corrected chi connectivity index (χ2v) is 2.32. The molecule has 34 valence electrons. The molecule has 4 nitrogen and oxygen atoms in total. The Kier molecular flexibility index (Phi) is 16.1. The van der Waals surface area contributed by atoms with E-state index >= 15 is 0 Å². The molecule has 0 N–H and O–H groups in total. The maximum Gasteiger partial charge on any atom is 2.00 e. The van der Waals surface area contributed by atoms with E-state index in [4.69, 9.17) is 16.0 Å². The number of hydrogen-bond donors (Lipinski definition) is 0. The Morgan fingerprint density at radius 2 is 1.14 bits per heavy atom. The molecule has 0 spiro atoms. The van der Waals surface area contributed by atoms with Crippen LogP contribution in [0.15, 0.2) is 0 Å². The van der Waals surface area contributed by atoms with E-state index in [1.165, 1.54) is 0 Å². The fourth-order valence-electron chi connectivity index (χ4n) is 0. The van der Waals surface area contributed by atoms with Gasteiger partial charge in [0.25, 0.3) is 0 Å². The van der Waals surface area contributed by atoms with Gasteiger partial charge in [-0.25, -0.2) is 0 Å². The van der Waals surface area contributed by atoms with E-state index in [9.17, 15) is 0 Å². The number of rotatable bonds is 0. The minimum absolute atomic E-state index is 0. The minimum atomic E-state index is -5.88. The summed E-state index contributed by atoms with van der Waals surface area (Å²) in [6.07, 6.45) is 0. The molecule has 0 saturated carbocycles. The van der Waals surface area contributed by atoms with Gasteiger partial charge in [-0.05, 0) is 0 Å². The zero-order valence-electron chi connectivity index (χ0n) is 3.58. The van der Waals surface area contributed by atoms with Crippen molar-refractivity contribution in [3.63, 3.8) is 0 Å². The van der Waals surface area contributed by atoms with Gasteiger partial charge in [-0.2, -0.15) is 0 Å². The Hall–Kier alpha value is 2.76. The van der Waals surface area contributed by atoms with Crippen molar-refractivity contribution in [3.8, 4) is 0 Å². The topological polar surface area (TPSA) is 86.2 Å². The van der Waals surface area contributed by atoms with Crippen molar-refractivity contribution in [2.75, 3.05) is 0 Å². The van der Waals surface area contributed by atoms with E-state index in [0.29, 0.717) is 0 Å². The fourth-order valence-corrected chi connectivity index (χ4v) is 0. The molecular formula is AsO4RbTi. The van der Waals surface area contributed by atoms with Crippen LogP contribution in [0.2, 0.25) is 0 Å². The van der Waals surface area contributed by atoms with Crippen LogP contribution in [-0.4, -0.2) is 14.5 Å². The second-order valence-electron chi connectivity index (χ2n) is 0.447. The average molecular weight is 272 g/mol. The van der Waals surface area contributed by atoms with Crippen molar-refractivity contribution in [3.05, 3.63) is 0 Å². The van der Waals surface area contributed by atoms with Crippen LogP contribution in [0.25, 0.3) is 0 Å². The maximum absolute atomic E-state index is 8.61. The van der Waals surface area contributed by atoms with Crippen molar-refractivity contribution in [1.82, 2.24) is 0 Å². The van der Waals surface area contributed by atoms with Gasteiger partial charge in [0.1, 0.15) is 0 Å². The van der Waals surface area contributed by atoms with E-state index in [1.54, 1.807) is 0 Å². The standard InChI is InChI=1S/AsH3O4.Rb.Ti/c2-1(3,4)5;;/h(H3,2,3,4,5);;/q;+1;+2/p-3. The molecule has 0 saturated heterocycles. The first-order valence-electron chi connectivity index (χ1n) is 0.730. The Bertz CT molecular complexity index is 57.8. The van der Waals surface area contributed by atoms with E-state index in [-0.39, 0.29) is 79.9 Å². The maximum atomic E-state index is 8.61. The molecule has 0 bridgehead atoms. The molecule has 0 atom stereocenters. The number of hydrogen-bond acceptors (Lipinski definition) is 4. The fraction of sp³-hybridized carbons (Fsp3) is 0. The van der Waals surface area contributed by atoms with Gasteiger partial charge >= 0.3 is 110 Å². The molecule has 0 fully saturated rings. The summed E-state index contributed by atoms with van der Waals surface area (Å²) in [6.45, 7) is 0. The molecule has 0 unspecified atom stereocenters. The second kappa shape index (κ2) is 6.87. The normalized spacial score (nSPS) is 8.43. The minimum Gasteiger partial charge on any atom is 1.00 e. The summed E-state index contributed by atoms with van der Waals surface area (Å²) in [5, 5.41) is 0. The van der Waals surface area contributed by atoms with Gasteiger partial charge in [0.05, 0.1) is 0 Å². The Labute approximate surface area is 108 Å². The van der Waals surface area contributed by atoms with Crippen molar-refractivity contribution in [1.29, 1.82) is 0 Å². The summed E-state index contributed by atoms with van der Waals surface area (Å²) in [5.74, 6) is 0. The first-order chi connectivity index (χ1) is 2.00. The zero-order valence-corrected chi connectivity index (χ0v) is 11.9. The van der Waals surface area contributed by atoms with Gasteiger partial charge in [-0.3, -0.25) is 0 Å². The third kappa shape index (κ3) is 52.6. The molecule has 0 heterocycles. The van der Waals surface area contributed by atoms with Crippen molar-refractivity contribution >= 4 is 14.5 Å².